The van der Waals surface area contributed by atoms with Crippen molar-refractivity contribution in [3.63, 3.8) is 0 Å². The van der Waals surface area contributed by atoms with Crippen molar-refractivity contribution in [1.82, 2.24) is 25.2 Å². The molecule has 2 N–H and O–H groups in total. The Kier molecular flexibility index (Phi) is 5.93. The molecule has 2 bridgehead atoms. The Labute approximate surface area is 258 Å². The summed E-state index contributed by atoms with van der Waals surface area (Å²) < 4.78 is 44.2. The van der Waals surface area contributed by atoms with E-state index in [-0.39, 0.29) is 53.6 Å². The second-order valence-corrected chi connectivity index (χ2v) is 13.1. The standard InChI is InChI=1S/C34H32F2N6O3/c1-2-18-5-3-6-19-11-22(43)12-23(26(18)19)29-28(36)30-27-31(42-15-21-7-8-24(37-21)25(42)16-44-32(27)38-29)40-33(39-30)45-17-34-9-4-10-41(34)14-20(35)13-34/h1,3,5-6,11-12,20-21,24-25,37,43H,4,7-10,13-17H2/t20-,21-,24+,25-,34+/m1/s1. The lowest BCUT2D eigenvalue weighted by atomic mass is 9.95. The summed E-state index contributed by atoms with van der Waals surface area (Å²) in [5, 5.41) is 16.0. The molecule has 45 heavy (non-hydrogen) atoms. The van der Waals surface area contributed by atoms with Gasteiger partial charge in [-0.2, -0.15) is 9.97 Å². The van der Waals surface area contributed by atoms with Crippen LogP contribution in [0.25, 0.3) is 32.9 Å². The van der Waals surface area contributed by atoms with Crippen molar-refractivity contribution in [2.45, 2.75) is 61.9 Å². The molecule has 0 radical (unpaired) electrons. The van der Waals surface area contributed by atoms with Gasteiger partial charge in [0.1, 0.15) is 47.5 Å². The first kappa shape index (κ1) is 27.1. The molecule has 0 unspecified atom stereocenters. The van der Waals surface area contributed by atoms with Gasteiger partial charge in [-0.15, -0.1) is 6.42 Å². The molecule has 5 aliphatic rings. The van der Waals surface area contributed by atoms with E-state index in [9.17, 15) is 9.50 Å². The molecule has 0 spiro atoms. The van der Waals surface area contributed by atoms with Gasteiger partial charge in [-0.3, -0.25) is 4.90 Å². The van der Waals surface area contributed by atoms with E-state index in [1.165, 1.54) is 6.07 Å². The van der Waals surface area contributed by atoms with Gasteiger partial charge >= 0.3 is 6.01 Å². The van der Waals surface area contributed by atoms with Gasteiger partial charge in [0.25, 0.3) is 0 Å². The number of halogens is 2. The minimum Gasteiger partial charge on any atom is -0.508 e. The second kappa shape index (κ2) is 9.86. The summed E-state index contributed by atoms with van der Waals surface area (Å²) in [4.78, 5) is 18.7. The monoisotopic (exact) mass is 610 g/mol. The number of pyridine rings is 1. The highest BCUT2D eigenvalue weighted by Crippen LogP contribution is 2.45. The fourth-order valence-electron chi connectivity index (χ4n) is 8.53. The van der Waals surface area contributed by atoms with Crippen LogP contribution in [-0.4, -0.2) is 87.6 Å². The number of aromatic hydroxyl groups is 1. The summed E-state index contributed by atoms with van der Waals surface area (Å²) in [6, 6.07) is 8.91. The Balaban J connectivity index is 1.24. The van der Waals surface area contributed by atoms with E-state index in [2.05, 4.69) is 26.0 Å². The van der Waals surface area contributed by atoms with Gasteiger partial charge in [0.2, 0.25) is 5.88 Å². The van der Waals surface area contributed by atoms with Crippen LogP contribution < -0.4 is 19.7 Å². The molecule has 2 aromatic heterocycles. The lowest BCUT2D eigenvalue weighted by Crippen LogP contribution is -2.60. The number of nitrogens with zero attached hydrogens (tertiary/aromatic N) is 5. The number of alkyl halides is 1. The van der Waals surface area contributed by atoms with Crippen LogP contribution in [0.15, 0.2) is 30.3 Å². The highest BCUT2D eigenvalue weighted by Gasteiger charge is 2.50. The summed E-state index contributed by atoms with van der Waals surface area (Å²) in [6.45, 7) is 2.47. The zero-order valence-electron chi connectivity index (χ0n) is 24.6. The van der Waals surface area contributed by atoms with Crippen molar-refractivity contribution in [1.29, 1.82) is 0 Å². The van der Waals surface area contributed by atoms with Crippen molar-refractivity contribution in [3.8, 4) is 41.2 Å². The number of hydrogen-bond donors (Lipinski definition) is 2. The molecule has 230 valence electrons. The molecule has 0 saturated carbocycles. The molecule has 11 heteroatoms. The molecule has 4 aromatic rings. The van der Waals surface area contributed by atoms with Gasteiger partial charge < -0.3 is 24.8 Å². The number of nitrogens with one attached hydrogen (secondary N) is 1. The Bertz CT molecular complexity index is 1930. The highest BCUT2D eigenvalue weighted by atomic mass is 19.1. The zero-order valence-corrected chi connectivity index (χ0v) is 24.6. The third kappa shape index (κ3) is 4.08. The number of ether oxygens (including phenoxy) is 2. The fourth-order valence-corrected chi connectivity index (χ4v) is 8.53. The Morgan fingerprint density at radius 3 is 2.98 bits per heavy atom. The maximum atomic E-state index is 17.0. The first-order valence-corrected chi connectivity index (χ1v) is 15.7. The van der Waals surface area contributed by atoms with Crippen molar-refractivity contribution in [2.24, 2.45) is 0 Å². The maximum absolute atomic E-state index is 17.0. The summed E-state index contributed by atoms with van der Waals surface area (Å²) in [5.74, 6) is 2.70. The molecule has 7 heterocycles. The van der Waals surface area contributed by atoms with E-state index in [0.29, 0.717) is 59.2 Å². The number of piperazine rings is 1. The number of anilines is 1. The minimum absolute atomic E-state index is 0.0202. The lowest BCUT2D eigenvalue weighted by molar-refractivity contribution is 0.107. The second-order valence-electron chi connectivity index (χ2n) is 13.1. The van der Waals surface area contributed by atoms with E-state index in [1.54, 1.807) is 18.2 Å². The predicted molar refractivity (Wildman–Crippen MR) is 165 cm³/mol. The van der Waals surface area contributed by atoms with E-state index in [0.717, 1.165) is 32.2 Å². The number of hydrogen-bond acceptors (Lipinski definition) is 9. The van der Waals surface area contributed by atoms with E-state index < -0.39 is 17.5 Å². The Hall–Kier alpha value is -4.27. The third-order valence-corrected chi connectivity index (χ3v) is 10.5. The number of terminal acetylenes is 1. The molecule has 5 atom stereocenters. The molecular formula is C34H32F2N6O3. The van der Waals surface area contributed by atoms with Crippen molar-refractivity contribution in [3.05, 3.63) is 41.7 Å². The van der Waals surface area contributed by atoms with Gasteiger partial charge in [0.15, 0.2) is 5.82 Å². The van der Waals surface area contributed by atoms with Gasteiger partial charge in [-0.1, -0.05) is 18.1 Å². The number of phenolic OH excluding ortho intramolecular Hbond substituents is 1. The summed E-state index contributed by atoms with van der Waals surface area (Å²) in [6.07, 6.45) is 9.21. The maximum Gasteiger partial charge on any atom is 0.319 e. The average molecular weight is 611 g/mol. The van der Waals surface area contributed by atoms with Crippen LogP contribution in [0.2, 0.25) is 0 Å². The van der Waals surface area contributed by atoms with Gasteiger partial charge in [-0.25, -0.2) is 13.8 Å². The van der Waals surface area contributed by atoms with Crippen LogP contribution in [0.1, 0.15) is 37.7 Å². The molecule has 0 amide bonds. The first-order valence-electron chi connectivity index (χ1n) is 15.7. The molecule has 0 aliphatic carbocycles. The Morgan fingerprint density at radius 1 is 1.18 bits per heavy atom. The largest absolute Gasteiger partial charge is 0.508 e. The molecular weight excluding hydrogens is 578 g/mol. The SMILES string of the molecule is C#Cc1cccc2cc(O)cc(-c3nc4c5c(nc(OC[C@@]67CCCN6C[C@H](F)C7)nc5c3F)N3C[C@H]5CC[C@H](N5)[C@H]3CO4)c12. The fraction of sp³-hybridized carbons (Fsp3) is 0.441. The van der Waals surface area contributed by atoms with E-state index in [4.69, 9.17) is 25.9 Å². The summed E-state index contributed by atoms with van der Waals surface area (Å²) in [5.41, 5.74) is 0.457. The van der Waals surface area contributed by atoms with Gasteiger partial charge in [0, 0.05) is 48.1 Å². The number of aromatic nitrogens is 3. The average Bonchev–Trinajstić information content (AvgIpc) is 3.67. The van der Waals surface area contributed by atoms with Crippen LogP contribution >= 0.6 is 0 Å². The third-order valence-electron chi connectivity index (χ3n) is 10.5. The molecule has 2 aromatic carbocycles. The van der Waals surface area contributed by atoms with E-state index in [1.807, 2.05) is 6.07 Å². The number of fused-ring (bicyclic) bond motifs is 7. The lowest BCUT2D eigenvalue weighted by Gasteiger charge is -2.40. The molecule has 4 fully saturated rings. The van der Waals surface area contributed by atoms with E-state index >= 15 is 4.39 Å². The summed E-state index contributed by atoms with van der Waals surface area (Å²) in [7, 11) is 0. The molecule has 5 aliphatic heterocycles. The molecule has 9 rings (SSSR count). The Morgan fingerprint density at radius 2 is 2.09 bits per heavy atom. The zero-order chi connectivity index (χ0) is 30.4. The molecule has 4 saturated heterocycles. The quantitative estimate of drug-likeness (QED) is 0.328. The van der Waals surface area contributed by atoms with Gasteiger partial charge in [-0.05, 0) is 55.8 Å². The van der Waals surface area contributed by atoms with Gasteiger partial charge in [0.05, 0.1) is 11.6 Å². The van der Waals surface area contributed by atoms with Crippen molar-refractivity contribution >= 4 is 27.5 Å². The topological polar surface area (TPSA) is 95.9 Å². The number of benzene rings is 2. The normalized spacial score (nSPS) is 28.5. The van der Waals surface area contributed by atoms with Crippen LogP contribution in [0.4, 0.5) is 14.6 Å². The van der Waals surface area contributed by atoms with Crippen LogP contribution in [0, 0.1) is 18.2 Å². The first-order chi connectivity index (χ1) is 21.9. The smallest absolute Gasteiger partial charge is 0.319 e. The van der Waals surface area contributed by atoms with Crippen LogP contribution in [0.5, 0.6) is 17.6 Å². The van der Waals surface area contributed by atoms with Crippen LogP contribution in [-0.2, 0) is 0 Å². The van der Waals surface area contributed by atoms with Crippen molar-refractivity contribution in [2.75, 3.05) is 37.7 Å². The number of rotatable bonds is 4. The molecule has 9 nitrogen and oxygen atoms in total. The predicted octanol–water partition coefficient (Wildman–Crippen LogP) is 4.33. The minimum atomic E-state index is -0.899. The highest BCUT2D eigenvalue weighted by molar-refractivity contribution is 6.04. The van der Waals surface area contributed by atoms with Crippen LogP contribution in [0.3, 0.4) is 0 Å². The van der Waals surface area contributed by atoms with Crippen molar-refractivity contribution < 1.29 is 23.4 Å². The number of phenols is 1. The summed E-state index contributed by atoms with van der Waals surface area (Å²) >= 11 is 0.